The third kappa shape index (κ3) is 5.07. The Labute approximate surface area is 263 Å². The van der Waals surface area contributed by atoms with Crippen LogP contribution in [0.3, 0.4) is 0 Å². The number of methoxy groups -OCH3 is 1. The number of imide groups is 2. The van der Waals surface area contributed by atoms with E-state index in [0.29, 0.717) is 32.7 Å². The van der Waals surface area contributed by atoms with Crippen LogP contribution in [-0.2, 0) is 32.2 Å². The molecule has 2 aromatic carbocycles. The van der Waals surface area contributed by atoms with E-state index in [1.807, 2.05) is 30.3 Å². The SMILES string of the molecule is CO[C@@H](C(=O)N1Cc2[nH]ncc2C1N1CCN(Cc2cc3c(cc2F)C(=O)N(C2CCC(=O)NC2=O)C3=O)CC1)c1ccccc1. The summed E-state index contributed by atoms with van der Waals surface area (Å²) in [5.74, 6) is -3.37. The molecule has 5 amide bonds. The lowest BCUT2D eigenvalue weighted by molar-refractivity contribution is -0.150. The highest BCUT2D eigenvalue weighted by molar-refractivity contribution is 6.23. The summed E-state index contributed by atoms with van der Waals surface area (Å²) < 4.78 is 21.0. The van der Waals surface area contributed by atoms with Gasteiger partial charge in [-0.05, 0) is 24.1 Å². The van der Waals surface area contributed by atoms with Crippen molar-refractivity contribution >= 4 is 29.5 Å². The fourth-order valence-electron chi connectivity index (χ4n) is 6.91. The van der Waals surface area contributed by atoms with Crippen LogP contribution in [0.4, 0.5) is 4.39 Å². The number of carbonyl (C=O) groups excluding carboxylic acids is 5. The molecule has 3 aromatic rings. The average Bonchev–Trinajstić information content (AvgIpc) is 3.72. The molecule has 0 aliphatic carbocycles. The van der Waals surface area contributed by atoms with Gasteiger partial charge >= 0.3 is 0 Å². The number of hydrogen-bond acceptors (Lipinski definition) is 9. The largest absolute Gasteiger partial charge is 0.367 e. The summed E-state index contributed by atoms with van der Waals surface area (Å²) in [5, 5.41) is 9.38. The van der Waals surface area contributed by atoms with Crippen molar-refractivity contribution in [3.8, 4) is 0 Å². The minimum absolute atomic E-state index is 0.00404. The molecule has 3 atom stereocenters. The molecule has 2 unspecified atom stereocenters. The van der Waals surface area contributed by atoms with Gasteiger partial charge < -0.3 is 9.64 Å². The number of ether oxygens (including phenoxy) is 1. The van der Waals surface area contributed by atoms with Crippen LogP contribution in [0.25, 0.3) is 0 Å². The highest BCUT2D eigenvalue weighted by atomic mass is 19.1. The van der Waals surface area contributed by atoms with Gasteiger partial charge in [-0.3, -0.25) is 49.1 Å². The lowest BCUT2D eigenvalue weighted by atomic mass is 10.0. The Morgan fingerprint density at radius 3 is 2.46 bits per heavy atom. The number of H-pyrrole nitrogens is 1. The lowest BCUT2D eigenvalue weighted by Gasteiger charge is -2.41. The van der Waals surface area contributed by atoms with Crippen molar-refractivity contribution in [1.29, 1.82) is 0 Å². The Morgan fingerprint density at radius 2 is 1.76 bits per heavy atom. The third-order valence-corrected chi connectivity index (χ3v) is 9.25. The number of piperazine rings is 1. The van der Waals surface area contributed by atoms with Gasteiger partial charge in [0.05, 0.1) is 29.6 Å². The highest BCUT2D eigenvalue weighted by Gasteiger charge is 2.46. The second-order valence-electron chi connectivity index (χ2n) is 11.9. The molecule has 0 spiro atoms. The normalized spacial score (nSPS) is 22.7. The zero-order chi connectivity index (χ0) is 32.1. The van der Waals surface area contributed by atoms with Crippen LogP contribution >= 0.6 is 0 Å². The first-order valence-electron chi connectivity index (χ1n) is 15.2. The van der Waals surface area contributed by atoms with Gasteiger partial charge in [0.1, 0.15) is 18.0 Å². The van der Waals surface area contributed by atoms with Crippen molar-refractivity contribution in [1.82, 2.24) is 35.1 Å². The van der Waals surface area contributed by atoms with E-state index in [1.165, 1.54) is 13.2 Å². The van der Waals surface area contributed by atoms with Crippen molar-refractivity contribution in [2.75, 3.05) is 33.3 Å². The summed E-state index contributed by atoms with van der Waals surface area (Å²) in [6, 6.07) is 10.7. The summed E-state index contributed by atoms with van der Waals surface area (Å²) in [5.41, 5.74) is 2.78. The van der Waals surface area contributed by atoms with Gasteiger partial charge in [-0.15, -0.1) is 0 Å². The lowest BCUT2D eigenvalue weighted by Crippen LogP contribution is -2.54. The monoisotopic (exact) mass is 629 g/mol. The molecule has 0 saturated carbocycles. The van der Waals surface area contributed by atoms with Crippen LogP contribution in [0.5, 0.6) is 0 Å². The van der Waals surface area contributed by atoms with Gasteiger partial charge in [0.15, 0.2) is 6.10 Å². The molecule has 4 aliphatic heterocycles. The first-order chi connectivity index (χ1) is 22.2. The molecule has 2 saturated heterocycles. The smallest absolute Gasteiger partial charge is 0.262 e. The van der Waals surface area contributed by atoms with E-state index >= 15 is 4.39 Å². The van der Waals surface area contributed by atoms with Gasteiger partial charge in [0.25, 0.3) is 17.7 Å². The van der Waals surface area contributed by atoms with Crippen molar-refractivity contribution < 1.29 is 33.1 Å². The fraction of sp³-hybridized carbons (Fsp3) is 0.375. The molecule has 13 nitrogen and oxygen atoms in total. The van der Waals surface area contributed by atoms with Crippen LogP contribution in [-0.4, -0.2) is 98.7 Å². The summed E-state index contributed by atoms with van der Waals surface area (Å²) >= 11 is 0. The second kappa shape index (κ2) is 11.9. The molecule has 46 heavy (non-hydrogen) atoms. The molecule has 2 fully saturated rings. The molecule has 2 N–H and O–H groups in total. The van der Waals surface area contributed by atoms with E-state index in [2.05, 4.69) is 25.3 Å². The van der Waals surface area contributed by atoms with Crippen molar-refractivity contribution in [3.63, 3.8) is 0 Å². The topological polar surface area (TPSA) is 148 Å². The predicted molar refractivity (Wildman–Crippen MR) is 158 cm³/mol. The number of nitrogens with zero attached hydrogens (tertiary/aromatic N) is 5. The molecule has 7 rings (SSSR count). The summed E-state index contributed by atoms with van der Waals surface area (Å²) in [7, 11) is 1.52. The summed E-state index contributed by atoms with van der Waals surface area (Å²) in [6.07, 6.45) is 0.677. The number of nitrogens with one attached hydrogen (secondary N) is 2. The Bertz CT molecular complexity index is 1740. The zero-order valence-electron chi connectivity index (χ0n) is 25.1. The molecule has 0 bridgehead atoms. The summed E-state index contributed by atoms with van der Waals surface area (Å²) in [6.45, 7) is 2.85. The van der Waals surface area contributed by atoms with Crippen molar-refractivity contribution in [3.05, 3.63) is 88.0 Å². The number of rotatable bonds is 7. The maximum atomic E-state index is 15.3. The zero-order valence-corrected chi connectivity index (χ0v) is 25.1. The number of benzene rings is 2. The number of carbonyl (C=O) groups is 5. The Hall–Kier alpha value is -4.79. The molecule has 14 heteroatoms. The van der Waals surface area contributed by atoms with Crippen molar-refractivity contribution in [2.45, 2.75) is 44.2 Å². The minimum atomic E-state index is -1.12. The van der Waals surface area contributed by atoms with E-state index < -0.39 is 41.6 Å². The molecule has 0 radical (unpaired) electrons. The molecule has 1 aromatic heterocycles. The van der Waals surface area contributed by atoms with Gasteiger partial charge in [0.2, 0.25) is 11.8 Å². The Balaban J connectivity index is 1.04. The van der Waals surface area contributed by atoms with Crippen LogP contribution in [0, 0.1) is 5.82 Å². The number of aromatic amines is 1. The van der Waals surface area contributed by atoms with Crippen molar-refractivity contribution in [2.24, 2.45) is 0 Å². The Kier molecular flexibility index (Phi) is 7.71. The predicted octanol–water partition coefficient (Wildman–Crippen LogP) is 1.50. The Morgan fingerprint density at radius 1 is 1.04 bits per heavy atom. The number of fused-ring (bicyclic) bond motifs is 2. The average molecular weight is 630 g/mol. The quantitative estimate of drug-likeness (QED) is 0.371. The molecular formula is C32H32FN7O6. The molecule has 238 valence electrons. The fourth-order valence-corrected chi connectivity index (χ4v) is 6.91. The first kappa shape index (κ1) is 29.9. The minimum Gasteiger partial charge on any atom is -0.367 e. The second-order valence-corrected chi connectivity index (χ2v) is 11.9. The van der Waals surface area contributed by atoms with E-state index in [9.17, 15) is 24.0 Å². The molecular weight excluding hydrogens is 597 g/mol. The van der Waals surface area contributed by atoms with E-state index in [1.54, 1.807) is 11.1 Å². The standard InChI is InChI=1S/C32H32FN7O6/c1-46-27(18-5-3-2-4-6-18)32(45)39-17-24-22(15-34-36-24)29(39)38-11-9-37(10-12-38)16-19-13-20-21(14-23(19)33)31(44)40(30(20)43)25-7-8-26(41)35-28(25)42/h2-6,13-15,25,27,29H,7-12,16-17H2,1H3,(H,34,36)(H,35,41,42)/t25?,27-,29?/m1/s1. The third-order valence-electron chi connectivity index (χ3n) is 9.25. The van der Waals surface area contributed by atoms with Crippen LogP contribution in [0.15, 0.2) is 48.7 Å². The number of amides is 5. The van der Waals surface area contributed by atoms with Gasteiger partial charge in [-0.25, -0.2) is 4.39 Å². The van der Waals surface area contributed by atoms with Gasteiger partial charge in [-0.1, -0.05) is 30.3 Å². The maximum Gasteiger partial charge on any atom is 0.262 e. The van der Waals surface area contributed by atoms with E-state index in [-0.39, 0.29) is 48.1 Å². The number of piperidine rings is 1. The first-order valence-corrected chi connectivity index (χ1v) is 15.2. The molecule has 4 aliphatic rings. The van der Waals surface area contributed by atoms with Crippen LogP contribution < -0.4 is 5.32 Å². The number of hydrogen-bond donors (Lipinski definition) is 2. The summed E-state index contributed by atoms with van der Waals surface area (Å²) in [4.78, 5) is 71.0. The van der Waals surface area contributed by atoms with Gasteiger partial charge in [-0.2, -0.15) is 5.10 Å². The molecule has 5 heterocycles. The van der Waals surface area contributed by atoms with Gasteiger partial charge in [0, 0.05) is 57.4 Å². The highest BCUT2D eigenvalue weighted by Crippen LogP contribution is 2.38. The number of halogens is 1. The van der Waals surface area contributed by atoms with Crippen LogP contribution in [0.2, 0.25) is 0 Å². The van der Waals surface area contributed by atoms with E-state index in [4.69, 9.17) is 4.74 Å². The van der Waals surface area contributed by atoms with E-state index in [0.717, 1.165) is 27.8 Å². The maximum absolute atomic E-state index is 15.3. The van der Waals surface area contributed by atoms with Crippen LogP contribution in [0.1, 0.15) is 68.2 Å². The number of aromatic nitrogens is 2.